The Labute approximate surface area is 234 Å². The van der Waals surface area contributed by atoms with Gasteiger partial charge >= 0.3 is 6.03 Å². The molecule has 0 spiro atoms. The molecule has 206 valence electrons. The normalized spacial score (nSPS) is 10.6. The summed E-state index contributed by atoms with van der Waals surface area (Å²) in [4.78, 5) is 31.4. The van der Waals surface area contributed by atoms with Crippen molar-refractivity contribution in [3.05, 3.63) is 75.5 Å². The summed E-state index contributed by atoms with van der Waals surface area (Å²) < 4.78 is 10.8. The van der Waals surface area contributed by atoms with Gasteiger partial charge in [-0.3, -0.25) is 4.79 Å². The molecule has 39 heavy (non-hydrogen) atoms. The Hall–Kier alpha value is -4.03. The first-order chi connectivity index (χ1) is 18.7. The van der Waals surface area contributed by atoms with E-state index in [1.807, 2.05) is 55.3 Å². The number of nitrogens with one attached hydrogen (secondary N) is 1. The summed E-state index contributed by atoms with van der Waals surface area (Å²) >= 11 is 1.62. The van der Waals surface area contributed by atoms with E-state index in [2.05, 4.69) is 11.4 Å². The number of urea groups is 1. The zero-order chi connectivity index (χ0) is 28.4. The van der Waals surface area contributed by atoms with Gasteiger partial charge < -0.3 is 24.6 Å². The van der Waals surface area contributed by atoms with Crippen LogP contribution in [-0.2, 0) is 17.8 Å². The summed E-state index contributed by atoms with van der Waals surface area (Å²) in [6.07, 6.45) is 0.619. The maximum absolute atomic E-state index is 13.7. The molecular weight excluding hydrogens is 512 g/mol. The second-order valence-corrected chi connectivity index (χ2v) is 10.7. The molecule has 1 aromatic heterocycles. The Bertz CT molecular complexity index is 1310. The van der Waals surface area contributed by atoms with Crippen LogP contribution >= 0.6 is 11.3 Å². The molecule has 2 aromatic carbocycles. The number of methoxy groups -OCH3 is 2. The number of carbonyl (C=O) groups excluding carboxylic acids is 2. The molecule has 0 radical (unpaired) electrons. The van der Waals surface area contributed by atoms with Crippen LogP contribution in [0.15, 0.2) is 53.9 Å². The molecule has 0 aliphatic rings. The van der Waals surface area contributed by atoms with Crippen LogP contribution in [0.1, 0.15) is 35.4 Å². The van der Waals surface area contributed by atoms with Crippen LogP contribution in [0.2, 0.25) is 0 Å². The van der Waals surface area contributed by atoms with Crippen molar-refractivity contribution in [3.8, 4) is 17.6 Å². The quantitative estimate of drug-likeness (QED) is 0.313. The first-order valence-corrected chi connectivity index (χ1v) is 13.7. The summed E-state index contributed by atoms with van der Waals surface area (Å²) in [5, 5.41) is 14.0. The van der Waals surface area contributed by atoms with Crippen LogP contribution in [0.4, 0.5) is 10.5 Å². The molecular formula is C30H36N4O4S. The lowest BCUT2D eigenvalue weighted by Crippen LogP contribution is -2.46. The van der Waals surface area contributed by atoms with Crippen molar-refractivity contribution in [2.24, 2.45) is 5.92 Å². The van der Waals surface area contributed by atoms with E-state index < -0.39 is 0 Å². The number of thiophene rings is 1. The Balaban J connectivity index is 1.78. The summed E-state index contributed by atoms with van der Waals surface area (Å²) in [7, 11) is 3.20. The van der Waals surface area contributed by atoms with Crippen LogP contribution in [0.25, 0.3) is 0 Å². The average molecular weight is 549 g/mol. The van der Waals surface area contributed by atoms with Gasteiger partial charge in [-0.2, -0.15) is 5.26 Å². The molecule has 8 nitrogen and oxygen atoms in total. The lowest BCUT2D eigenvalue weighted by atomic mass is 10.1. The Morgan fingerprint density at radius 3 is 2.46 bits per heavy atom. The largest absolute Gasteiger partial charge is 0.493 e. The Morgan fingerprint density at radius 2 is 1.82 bits per heavy atom. The second-order valence-electron chi connectivity index (χ2n) is 9.68. The van der Waals surface area contributed by atoms with Crippen molar-refractivity contribution < 1.29 is 19.1 Å². The molecule has 9 heteroatoms. The highest BCUT2D eigenvalue weighted by Crippen LogP contribution is 2.28. The monoisotopic (exact) mass is 548 g/mol. The molecule has 0 atom stereocenters. The number of amides is 3. The maximum Gasteiger partial charge on any atom is 0.322 e. The third-order valence-electron chi connectivity index (χ3n) is 6.22. The van der Waals surface area contributed by atoms with E-state index in [9.17, 15) is 14.9 Å². The van der Waals surface area contributed by atoms with Crippen molar-refractivity contribution in [2.75, 3.05) is 39.2 Å². The summed E-state index contributed by atoms with van der Waals surface area (Å²) in [6.45, 7) is 7.35. The third kappa shape index (κ3) is 8.48. The van der Waals surface area contributed by atoms with Gasteiger partial charge in [0.25, 0.3) is 0 Å². The van der Waals surface area contributed by atoms with Gasteiger partial charge in [0.2, 0.25) is 5.91 Å². The number of benzene rings is 2. The smallest absolute Gasteiger partial charge is 0.322 e. The molecule has 1 N–H and O–H groups in total. The average Bonchev–Trinajstić information content (AvgIpc) is 3.34. The van der Waals surface area contributed by atoms with Crippen molar-refractivity contribution in [1.29, 1.82) is 5.26 Å². The summed E-state index contributed by atoms with van der Waals surface area (Å²) in [6, 6.07) is 16.2. The van der Waals surface area contributed by atoms with Gasteiger partial charge in [0.15, 0.2) is 11.5 Å². The van der Waals surface area contributed by atoms with E-state index in [0.717, 1.165) is 16.0 Å². The van der Waals surface area contributed by atoms with Gasteiger partial charge in [-0.25, -0.2) is 4.79 Å². The molecule has 0 unspecified atom stereocenters. The molecule has 0 fully saturated rings. The number of ether oxygens (including phenoxy) is 2. The Morgan fingerprint density at radius 1 is 1.05 bits per heavy atom. The van der Waals surface area contributed by atoms with Gasteiger partial charge in [-0.05, 0) is 72.2 Å². The number of rotatable bonds is 12. The molecule has 3 amide bonds. The highest BCUT2D eigenvalue weighted by molar-refractivity contribution is 7.10. The molecule has 3 rings (SSSR count). The van der Waals surface area contributed by atoms with E-state index in [0.29, 0.717) is 48.8 Å². The zero-order valence-electron chi connectivity index (χ0n) is 23.2. The number of anilines is 1. The van der Waals surface area contributed by atoms with E-state index in [1.165, 1.54) is 4.90 Å². The highest BCUT2D eigenvalue weighted by Gasteiger charge is 2.23. The minimum Gasteiger partial charge on any atom is -0.493 e. The SMILES string of the molecule is COc1ccc(CCN(Cc2sccc2C)C(=O)CN(CC(C)C)C(=O)Nc2cccc(C#N)c2)cc1OC. The van der Waals surface area contributed by atoms with Gasteiger partial charge in [0.1, 0.15) is 6.54 Å². The number of nitrogens with zero attached hydrogens (tertiary/aromatic N) is 3. The highest BCUT2D eigenvalue weighted by atomic mass is 32.1. The topological polar surface area (TPSA) is 94.9 Å². The van der Waals surface area contributed by atoms with Crippen molar-refractivity contribution in [3.63, 3.8) is 0 Å². The second kappa shape index (κ2) is 14.2. The molecule has 3 aromatic rings. The zero-order valence-corrected chi connectivity index (χ0v) is 24.0. The predicted molar refractivity (Wildman–Crippen MR) is 154 cm³/mol. The predicted octanol–water partition coefficient (Wildman–Crippen LogP) is 5.71. The molecule has 0 saturated heterocycles. The van der Waals surface area contributed by atoms with Crippen LogP contribution in [0.5, 0.6) is 11.5 Å². The van der Waals surface area contributed by atoms with Gasteiger partial charge in [-0.15, -0.1) is 11.3 Å². The summed E-state index contributed by atoms with van der Waals surface area (Å²) in [5.41, 5.74) is 3.12. The number of hydrogen-bond donors (Lipinski definition) is 1. The summed E-state index contributed by atoms with van der Waals surface area (Å²) in [5.74, 6) is 1.32. The number of carbonyl (C=O) groups is 2. The first-order valence-electron chi connectivity index (χ1n) is 12.8. The van der Waals surface area contributed by atoms with Crippen LogP contribution in [0.3, 0.4) is 0 Å². The van der Waals surface area contributed by atoms with E-state index in [-0.39, 0.29) is 24.4 Å². The van der Waals surface area contributed by atoms with Gasteiger partial charge in [-0.1, -0.05) is 26.0 Å². The van der Waals surface area contributed by atoms with Crippen LogP contribution in [-0.4, -0.2) is 55.6 Å². The number of nitriles is 1. The molecule has 0 bridgehead atoms. The molecule has 0 aliphatic carbocycles. The van der Waals surface area contributed by atoms with Gasteiger partial charge in [0, 0.05) is 23.7 Å². The number of hydrogen-bond acceptors (Lipinski definition) is 6. The lowest BCUT2D eigenvalue weighted by Gasteiger charge is -2.29. The standard InChI is InChI=1S/C30H36N4O4S/c1-21(2)18-34(30(36)32-25-8-6-7-24(15-25)17-31)20-29(35)33(19-28-22(3)12-14-39-28)13-11-23-9-10-26(37-4)27(16-23)38-5/h6-10,12,14-16,21H,11,13,18-20H2,1-5H3,(H,32,36). The van der Waals surface area contributed by atoms with E-state index in [1.54, 1.807) is 49.8 Å². The lowest BCUT2D eigenvalue weighted by molar-refractivity contribution is -0.132. The number of aryl methyl sites for hydroxylation is 1. The van der Waals surface area contributed by atoms with E-state index in [4.69, 9.17) is 9.47 Å². The molecule has 0 aliphatic heterocycles. The van der Waals surface area contributed by atoms with E-state index >= 15 is 0 Å². The van der Waals surface area contributed by atoms with Crippen LogP contribution < -0.4 is 14.8 Å². The fraction of sp³-hybridized carbons (Fsp3) is 0.367. The fourth-order valence-corrected chi connectivity index (χ4v) is 5.04. The molecule has 1 heterocycles. The minimum absolute atomic E-state index is 0.0572. The third-order valence-corrected chi connectivity index (χ3v) is 7.22. The van der Waals surface area contributed by atoms with Crippen molar-refractivity contribution in [2.45, 2.75) is 33.7 Å². The first kappa shape index (κ1) is 29.5. The minimum atomic E-state index is -0.376. The van der Waals surface area contributed by atoms with Crippen LogP contribution in [0, 0.1) is 24.2 Å². The maximum atomic E-state index is 13.7. The van der Waals surface area contributed by atoms with Gasteiger partial charge in [0.05, 0.1) is 32.4 Å². The fourth-order valence-electron chi connectivity index (χ4n) is 4.12. The molecule has 0 saturated carbocycles. The van der Waals surface area contributed by atoms with Crippen molar-refractivity contribution >= 4 is 29.0 Å². The van der Waals surface area contributed by atoms with Crippen molar-refractivity contribution in [1.82, 2.24) is 9.80 Å². The Kier molecular flexibility index (Phi) is 10.8.